The molecular weight excluding hydrogens is 354 g/mol. The van der Waals surface area contributed by atoms with E-state index in [1.165, 1.54) is 15.3 Å². The van der Waals surface area contributed by atoms with E-state index in [9.17, 15) is 14.4 Å². The lowest BCUT2D eigenvalue weighted by atomic mass is 9.90. The number of carbonyl (C=O) groups is 1. The van der Waals surface area contributed by atoms with E-state index in [2.05, 4.69) is 4.98 Å². The summed E-state index contributed by atoms with van der Waals surface area (Å²) in [5, 5.41) is 0.955. The molecular formula is C19H16ClN3O3. The number of aromatic nitrogens is 3. The van der Waals surface area contributed by atoms with E-state index in [0.717, 1.165) is 5.56 Å². The lowest BCUT2D eigenvalue weighted by molar-refractivity contribution is 0.0972. The normalized spacial score (nSPS) is 13.8. The first-order chi connectivity index (χ1) is 12.5. The van der Waals surface area contributed by atoms with Gasteiger partial charge in [0.15, 0.2) is 5.78 Å². The molecule has 0 saturated carbocycles. The predicted octanol–water partition coefficient (Wildman–Crippen LogP) is 2.32. The number of hydrogen-bond acceptors (Lipinski definition) is 4. The van der Waals surface area contributed by atoms with Gasteiger partial charge < -0.3 is 0 Å². The monoisotopic (exact) mass is 369 g/mol. The van der Waals surface area contributed by atoms with Gasteiger partial charge in [-0.1, -0.05) is 23.7 Å². The molecule has 0 aliphatic heterocycles. The highest BCUT2D eigenvalue weighted by atomic mass is 35.5. The average Bonchev–Trinajstić information content (AvgIpc) is 2.64. The molecule has 6 nitrogen and oxygen atoms in total. The smallest absolute Gasteiger partial charge is 0.294 e. The summed E-state index contributed by atoms with van der Waals surface area (Å²) in [6, 6.07) is 6.99. The second-order valence-corrected chi connectivity index (χ2v) is 6.92. The van der Waals surface area contributed by atoms with Crippen LogP contribution in [0.1, 0.15) is 34.3 Å². The van der Waals surface area contributed by atoms with Crippen molar-refractivity contribution in [2.45, 2.75) is 25.8 Å². The van der Waals surface area contributed by atoms with Gasteiger partial charge in [-0.15, -0.1) is 0 Å². The van der Waals surface area contributed by atoms with Gasteiger partial charge in [0.25, 0.3) is 5.56 Å². The summed E-state index contributed by atoms with van der Waals surface area (Å²) >= 11 is 5.90. The van der Waals surface area contributed by atoms with Crippen LogP contribution < -0.4 is 11.2 Å². The van der Waals surface area contributed by atoms with Crippen LogP contribution in [0.4, 0.5) is 0 Å². The fourth-order valence-electron chi connectivity index (χ4n) is 3.48. The second-order valence-electron chi connectivity index (χ2n) is 6.49. The van der Waals surface area contributed by atoms with Crippen LogP contribution in [0.5, 0.6) is 0 Å². The topological polar surface area (TPSA) is 74.0 Å². The first-order valence-corrected chi connectivity index (χ1v) is 8.74. The number of fused-ring (bicyclic) bond motifs is 3. The van der Waals surface area contributed by atoms with Gasteiger partial charge in [0.1, 0.15) is 5.65 Å². The van der Waals surface area contributed by atoms with Crippen LogP contribution >= 0.6 is 11.6 Å². The zero-order chi connectivity index (χ0) is 18.4. The second kappa shape index (κ2) is 6.21. The SMILES string of the molecule is Cn1c(=O)n(Cc2ccc(Cl)cc2)c(=O)c2c3c(cnc21)C(=O)CCC3. The molecule has 2 heterocycles. The lowest BCUT2D eigenvalue weighted by Gasteiger charge is -2.18. The Morgan fingerprint density at radius 3 is 2.58 bits per heavy atom. The van der Waals surface area contributed by atoms with Gasteiger partial charge in [-0.3, -0.25) is 18.7 Å². The van der Waals surface area contributed by atoms with E-state index in [1.54, 1.807) is 31.3 Å². The van der Waals surface area contributed by atoms with Gasteiger partial charge in [0, 0.05) is 30.3 Å². The Labute approximate surface area is 153 Å². The van der Waals surface area contributed by atoms with Gasteiger partial charge in [0.05, 0.1) is 11.9 Å². The van der Waals surface area contributed by atoms with Crippen molar-refractivity contribution in [2.75, 3.05) is 0 Å². The Morgan fingerprint density at radius 1 is 1.12 bits per heavy atom. The number of nitrogens with zero attached hydrogens (tertiary/aromatic N) is 3. The van der Waals surface area contributed by atoms with Crippen molar-refractivity contribution in [1.82, 2.24) is 14.1 Å². The van der Waals surface area contributed by atoms with Crippen molar-refractivity contribution in [3.05, 3.63) is 73.0 Å². The Balaban J connectivity index is 1.99. The van der Waals surface area contributed by atoms with Gasteiger partial charge in [-0.2, -0.15) is 0 Å². The third-order valence-corrected chi connectivity index (χ3v) is 5.10. The summed E-state index contributed by atoms with van der Waals surface area (Å²) in [6.07, 6.45) is 3.28. The summed E-state index contributed by atoms with van der Waals surface area (Å²) in [4.78, 5) is 42.2. The van der Waals surface area contributed by atoms with Crippen molar-refractivity contribution in [3.63, 3.8) is 0 Å². The summed E-state index contributed by atoms with van der Waals surface area (Å²) in [5.74, 6) is -0.00171. The van der Waals surface area contributed by atoms with Crippen LogP contribution in [0, 0.1) is 0 Å². The van der Waals surface area contributed by atoms with Gasteiger partial charge in [-0.25, -0.2) is 9.78 Å². The van der Waals surface area contributed by atoms with Gasteiger partial charge in [-0.05, 0) is 36.1 Å². The summed E-state index contributed by atoms with van der Waals surface area (Å²) in [5.41, 5.74) is 1.47. The first-order valence-electron chi connectivity index (χ1n) is 8.36. The molecule has 1 aromatic carbocycles. The highest BCUT2D eigenvalue weighted by Gasteiger charge is 2.24. The molecule has 4 rings (SSSR count). The number of pyridine rings is 1. The molecule has 0 fully saturated rings. The molecule has 0 radical (unpaired) electrons. The van der Waals surface area contributed by atoms with Crippen LogP contribution in [0.25, 0.3) is 11.0 Å². The minimum absolute atomic E-state index is 0.00171. The first kappa shape index (κ1) is 16.7. The van der Waals surface area contributed by atoms with Crippen molar-refractivity contribution in [1.29, 1.82) is 0 Å². The Hall–Kier alpha value is -2.73. The van der Waals surface area contributed by atoms with E-state index >= 15 is 0 Å². The molecule has 0 saturated heterocycles. The summed E-state index contributed by atoms with van der Waals surface area (Å²) in [7, 11) is 1.59. The predicted molar refractivity (Wildman–Crippen MR) is 99.1 cm³/mol. The zero-order valence-corrected chi connectivity index (χ0v) is 14.9. The fraction of sp³-hybridized carbons (Fsp3) is 0.263. The van der Waals surface area contributed by atoms with Crippen LogP contribution in [0.15, 0.2) is 40.1 Å². The van der Waals surface area contributed by atoms with E-state index in [1.807, 2.05) is 0 Å². The maximum Gasteiger partial charge on any atom is 0.332 e. The van der Waals surface area contributed by atoms with E-state index in [-0.39, 0.29) is 12.3 Å². The molecule has 0 bridgehead atoms. The number of aryl methyl sites for hydroxylation is 2. The molecule has 0 unspecified atom stereocenters. The van der Waals surface area contributed by atoms with Crippen LogP contribution in [0.3, 0.4) is 0 Å². The molecule has 26 heavy (non-hydrogen) atoms. The molecule has 0 N–H and O–H groups in total. The number of rotatable bonds is 2. The average molecular weight is 370 g/mol. The molecule has 0 spiro atoms. The van der Waals surface area contributed by atoms with Gasteiger partial charge in [0.2, 0.25) is 0 Å². The van der Waals surface area contributed by atoms with E-state index < -0.39 is 11.2 Å². The minimum Gasteiger partial charge on any atom is -0.294 e. The number of carbonyl (C=O) groups excluding carboxylic acids is 1. The quantitative estimate of drug-likeness (QED) is 0.694. The highest BCUT2D eigenvalue weighted by Crippen LogP contribution is 2.25. The molecule has 0 amide bonds. The number of ketones is 1. The number of benzene rings is 1. The fourth-order valence-corrected chi connectivity index (χ4v) is 3.61. The molecule has 7 heteroatoms. The highest BCUT2D eigenvalue weighted by molar-refractivity contribution is 6.30. The molecule has 132 valence electrons. The molecule has 3 aromatic rings. The molecule has 2 aromatic heterocycles. The largest absolute Gasteiger partial charge is 0.332 e. The summed E-state index contributed by atoms with van der Waals surface area (Å²) < 4.78 is 2.55. The Kier molecular flexibility index (Phi) is 4.00. The number of Topliss-reactive ketones (excluding diaryl/α,β-unsaturated/α-hetero) is 1. The minimum atomic E-state index is -0.438. The van der Waals surface area contributed by atoms with E-state index in [0.29, 0.717) is 46.4 Å². The molecule has 1 aliphatic carbocycles. The van der Waals surface area contributed by atoms with Crippen molar-refractivity contribution < 1.29 is 4.79 Å². The number of hydrogen-bond donors (Lipinski definition) is 0. The number of halogens is 1. The van der Waals surface area contributed by atoms with Crippen LogP contribution in [0.2, 0.25) is 5.02 Å². The lowest BCUT2D eigenvalue weighted by Crippen LogP contribution is -2.40. The van der Waals surface area contributed by atoms with E-state index in [4.69, 9.17) is 11.6 Å². The maximum atomic E-state index is 13.1. The maximum absolute atomic E-state index is 13.1. The van der Waals surface area contributed by atoms with Gasteiger partial charge >= 0.3 is 5.69 Å². The van der Waals surface area contributed by atoms with Crippen LogP contribution in [-0.4, -0.2) is 19.9 Å². The van der Waals surface area contributed by atoms with Crippen LogP contribution in [-0.2, 0) is 20.0 Å². The third-order valence-electron chi connectivity index (χ3n) is 4.85. The molecule has 1 aliphatic rings. The Bertz CT molecular complexity index is 1160. The molecule has 0 atom stereocenters. The summed E-state index contributed by atoms with van der Waals surface area (Å²) in [6.45, 7) is 0.135. The van der Waals surface area contributed by atoms with Crippen molar-refractivity contribution >= 4 is 28.4 Å². The standard InChI is InChI=1S/C19H16ClN3O3/c1-22-17-16(13-3-2-4-15(24)14(13)9-21-17)18(25)23(19(22)26)10-11-5-7-12(20)8-6-11/h5-9H,2-4,10H2,1H3. The van der Waals surface area contributed by atoms with Crippen molar-refractivity contribution in [2.24, 2.45) is 7.05 Å². The zero-order valence-electron chi connectivity index (χ0n) is 14.2. The Morgan fingerprint density at radius 2 is 1.85 bits per heavy atom. The third kappa shape index (κ3) is 2.57. The van der Waals surface area contributed by atoms with Crippen molar-refractivity contribution in [3.8, 4) is 0 Å².